The zero-order valence-corrected chi connectivity index (χ0v) is 40.5. The monoisotopic (exact) mass is 926 g/mol. The summed E-state index contributed by atoms with van der Waals surface area (Å²) in [5.41, 5.74) is 31.2. The van der Waals surface area contributed by atoms with Gasteiger partial charge in [-0.3, -0.25) is 0 Å². The Morgan fingerprint density at radius 1 is 0.329 bits per heavy atom. The van der Waals surface area contributed by atoms with Crippen LogP contribution in [0, 0.1) is 0 Å². The van der Waals surface area contributed by atoms with Crippen molar-refractivity contribution in [2.45, 2.75) is 31.1 Å². The summed E-state index contributed by atoms with van der Waals surface area (Å²) in [6, 6.07) is 87.6. The third kappa shape index (κ3) is 4.89. The van der Waals surface area contributed by atoms with E-state index in [1.54, 1.807) is 0 Å². The molecule has 1 unspecified atom stereocenters. The van der Waals surface area contributed by atoms with Crippen molar-refractivity contribution < 1.29 is 0 Å². The average Bonchev–Trinajstić information content (AvgIpc) is 4.37. The summed E-state index contributed by atoms with van der Waals surface area (Å²) in [6.45, 7) is 4.76. The quantitative estimate of drug-likeness (QED) is 0.167. The lowest BCUT2D eigenvalue weighted by molar-refractivity contribution is 0.661. The lowest BCUT2D eigenvalue weighted by Gasteiger charge is -2.30. The molecule has 0 N–H and O–H groups in total. The van der Waals surface area contributed by atoms with Gasteiger partial charge >= 0.3 is 0 Å². The maximum Gasteiger partial charge on any atom is 0.0726 e. The van der Waals surface area contributed by atoms with Crippen LogP contribution in [-0.4, -0.2) is 9.13 Å². The van der Waals surface area contributed by atoms with Crippen molar-refractivity contribution in [3.05, 3.63) is 275 Å². The van der Waals surface area contributed by atoms with E-state index < -0.39 is 5.41 Å². The van der Waals surface area contributed by atoms with Crippen molar-refractivity contribution in [2.24, 2.45) is 0 Å². The van der Waals surface area contributed by atoms with Crippen LogP contribution in [0.4, 0.5) is 0 Å². The van der Waals surface area contributed by atoms with Crippen molar-refractivity contribution in [2.75, 3.05) is 0 Å². The molecule has 73 heavy (non-hydrogen) atoms. The van der Waals surface area contributed by atoms with Crippen LogP contribution in [0.3, 0.4) is 0 Å². The minimum atomic E-state index is -0.467. The zero-order chi connectivity index (χ0) is 47.9. The molecule has 4 aliphatic carbocycles. The number of para-hydroxylation sites is 3. The third-order valence-corrected chi connectivity index (χ3v) is 17.8. The van der Waals surface area contributed by atoms with E-state index in [0.29, 0.717) is 0 Å². The predicted molar refractivity (Wildman–Crippen MR) is 303 cm³/mol. The standard InChI is InChI=1S/C71H46N2/c1-70(2)58-25-13-9-21-48(58)54-40-56-55-38-43(31-36-65(55)72(66(56)41-63(54)70)45-17-5-3-6-18-45)42-29-30-44-39-57-47(53(44)37-42)32-34-61-67(57)51-23-10-14-26-59(51)71(61)60-27-15-11-24-52(60)68-62(71)35-33-50-49-22-12-16-28-64(49)73(69(50)68)46-19-7-4-8-20-46/h3-38,40-41H,39H2,1-2H3. The van der Waals surface area contributed by atoms with E-state index in [2.05, 4.69) is 254 Å². The Morgan fingerprint density at radius 2 is 0.918 bits per heavy atom. The van der Waals surface area contributed by atoms with E-state index in [1.165, 1.54) is 155 Å². The highest BCUT2D eigenvalue weighted by molar-refractivity contribution is 6.17. The Bertz CT molecular complexity index is 4600. The first-order valence-corrected chi connectivity index (χ1v) is 25.9. The first-order valence-electron chi connectivity index (χ1n) is 25.9. The molecular weight excluding hydrogens is 881 g/mol. The van der Waals surface area contributed by atoms with Crippen LogP contribution in [0.25, 0.3) is 111 Å². The number of hydrogen-bond donors (Lipinski definition) is 0. The fourth-order valence-corrected chi connectivity index (χ4v) is 14.7. The van der Waals surface area contributed by atoms with E-state index in [-0.39, 0.29) is 5.41 Å². The van der Waals surface area contributed by atoms with Gasteiger partial charge in [0, 0.05) is 43.9 Å². The Morgan fingerprint density at radius 3 is 1.70 bits per heavy atom. The Hall–Kier alpha value is -8.98. The van der Waals surface area contributed by atoms with E-state index >= 15 is 0 Å². The van der Waals surface area contributed by atoms with Crippen molar-refractivity contribution >= 4 is 43.6 Å². The van der Waals surface area contributed by atoms with E-state index in [4.69, 9.17) is 0 Å². The lowest BCUT2D eigenvalue weighted by Crippen LogP contribution is -2.25. The van der Waals surface area contributed by atoms with Crippen LogP contribution in [0.2, 0.25) is 0 Å². The number of fused-ring (bicyclic) bond motifs is 24. The molecule has 340 valence electrons. The van der Waals surface area contributed by atoms with Crippen molar-refractivity contribution in [1.82, 2.24) is 9.13 Å². The van der Waals surface area contributed by atoms with Gasteiger partial charge in [0.2, 0.25) is 0 Å². The predicted octanol–water partition coefficient (Wildman–Crippen LogP) is 17.8. The molecule has 0 bridgehead atoms. The molecule has 0 saturated heterocycles. The first-order chi connectivity index (χ1) is 36.0. The molecule has 1 atom stereocenters. The fraction of sp³-hybridized carbons (Fsp3) is 0.0704. The van der Waals surface area contributed by atoms with Crippen molar-refractivity contribution in [3.8, 4) is 67.0 Å². The number of hydrogen-bond acceptors (Lipinski definition) is 0. The minimum Gasteiger partial charge on any atom is -0.309 e. The summed E-state index contributed by atoms with van der Waals surface area (Å²) in [7, 11) is 0. The van der Waals surface area contributed by atoms with E-state index in [0.717, 1.165) is 6.42 Å². The van der Waals surface area contributed by atoms with Gasteiger partial charge in [-0.2, -0.15) is 0 Å². The zero-order valence-electron chi connectivity index (χ0n) is 40.5. The maximum atomic E-state index is 2.52. The van der Waals surface area contributed by atoms with Crippen molar-refractivity contribution in [3.63, 3.8) is 0 Å². The van der Waals surface area contributed by atoms with Gasteiger partial charge < -0.3 is 9.13 Å². The Balaban J connectivity index is 0.855. The summed E-state index contributed by atoms with van der Waals surface area (Å²) in [5, 5.41) is 5.14. The highest BCUT2D eigenvalue weighted by Gasteiger charge is 2.53. The molecule has 0 amide bonds. The second-order valence-electron chi connectivity index (χ2n) is 21.5. The van der Waals surface area contributed by atoms with Crippen LogP contribution in [0.1, 0.15) is 58.4 Å². The van der Waals surface area contributed by atoms with Crippen LogP contribution < -0.4 is 0 Å². The molecule has 2 heteroatoms. The second kappa shape index (κ2) is 13.9. The molecule has 2 nitrogen and oxygen atoms in total. The van der Waals surface area contributed by atoms with Crippen LogP contribution in [-0.2, 0) is 17.3 Å². The molecule has 17 rings (SSSR count). The smallest absolute Gasteiger partial charge is 0.0726 e. The van der Waals surface area contributed by atoms with Crippen LogP contribution >= 0.6 is 0 Å². The molecule has 1 spiro atoms. The molecule has 0 fully saturated rings. The summed E-state index contributed by atoms with van der Waals surface area (Å²) < 4.78 is 4.99. The van der Waals surface area contributed by atoms with Gasteiger partial charge in [-0.05, 0) is 162 Å². The molecule has 11 aromatic carbocycles. The largest absolute Gasteiger partial charge is 0.309 e. The van der Waals surface area contributed by atoms with Crippen LogP contribution in [0.15, 0.2) is 231 Å². The van der Waals surface area contributed by atoms with Gasteiger partial charge in [0.05, 0.1) is 27.5 Å². The van der Waals surface area contributed by atoms with Gasteiger partial charge in [-0.25, -0.2) is 0 Å². The molecule has 0 aliphatic heterocycles. The SMILES string of the molecule is CC1(C)c2ccccc2-c2cc3c4cc(-c5ccc6c(c5)-c5ccc7c(c5C6)-c5ccccc5C75c6ccccc6-c6c5ccc5c7ccccc7n(-c7ccccc7)c65)ccc4n(-c4ccccc4)c3cc21. The highest BCUT2D eigenvalue weighted by atomic mass is 15.0. The molecular formula is C71H46N2. The molecule has 2 aromatic heterocycles. The first kappa shape index (κ1) is 39.7. The highest BCUT2D eigenvalue weighted by Crippen LogP contribution is 2.66. The number of rotatable bonds is 3. The molecule has 4 aliphatic rings. The summed E-state index contributed by atoms with van der Waals surface area (Å²) in [6.07, 6.45) is 0.904. The lowest BCUT2D eigenvalue weighted by atomic mass is 9.70. The molecule has 0 saturated carbocycles. The summed E-state index contributed by atoms with van der Waals surface area (Å²) in [5.74, 6) is 0. The molecule has 0 radical (unpaired) electrons. The number of nitrogens with zero attached hydrogens (tertiary/aromatic N) is 2. The maximum absolute atomic E-state index is 2.52. The van der Waals surface area contributed by atoms with Gasteiger partial charge in [0.15, 0.2) is 0 Å². The van der Waals surface area contributed by atoms with E-state index in [1.807, 2.05) is 0 Å². The van der Waals surface area contributed by atoms with Crippen LogP contribution in [0.5, 0.6) is 0 Å². The topological polar surface area (TPSA) is 9.86 Å². The molecule has 13 aromatic rings. The van der Waals surface area contributed by atoms with Gasteiger partial charge in [0.1, 0.15) is 0 Å². The van der Waals surface area contributed by atoms with Gasteiger partial charge in [-0.15, -0.1) is 0 Å². The second-order valence-corrected chi connectivity index (χ2v) is 21.5. The number of benzene rings is 11. The van der Waals surface area contributed by atoms with E-state index in [9.17, 15) is 0 Å². The number of aromatic nitrogens is 2. The average molecular weight is 927 g/mol. The van der Waals surface area contributed by atoms with Gasteiger partial charge in [-0.1, -0.05) is 184 Å². The Labute approximate surface area is 423 Å². The summed E-state index contributed by atoms with van der Waals surface area (Å²) in [4.78, 5) is 0. The fourth-order valence-electron chi connectivity index (χ4n) is 14.7. The summed E-state index contributed by atoms with van der Waals surface area (Å²) >= 11 is 0. The van der Waals surface area contributed by atoms with Gasteiger partial charge in [0.25, 0.3) is 0 Å². The molecule has 2 heterocycles. The van der Waals surface area contributed by atoms with Crippen molar-refractivity contribution in [1.29, 1.82) is 0 Å². The normalized spacial score (nSPS) is 15.9. The Kier molecular flexibility index (Phi) is 7.57. The minimum absolute atomic E-state index is 0.0867. The third-order valence-electron chi connectivity index (χ3n) is 17.8.